The van der Waals surface area contributed by atoms with Crippen molar-refractivity contribution in [1.82, 2.24) is 0 Å². The molecule has 23 heavy (non-hydrogen) atoms. The van der Waals surface area contributed by atoms with E-state index in [0.717, 1.165) is 0 Å². The summed E-state index contributed by atoms with van der Waals surface area (Å²) in [7, 11) is 1.55. The molecule has 0 aliphatic carbocycles. The highest BCUT2D eigenvalue weighted by atomic mass is 79.9. The Morgan fingerprint density at radius 2 is 2.09 bits per heavy atom. The first kappa shape index (κ1) is 17.0. The van der Waals surface area contributed by atoms with E-state index in [9.17, 15) is 9.65 Å². The third-order valence-corrected chi connectivity index (χ3v) is 3.72. The lowest BCUT2D eigenvalue weighted by atomic mass is 10.0. The number of halogens is 2. The molecule has 0 atom stereocenters. The van der Waals surface area contributed by atoms with Crippen molar-refractivity contribution in [3.63, 3.8) is 0 Å². The summed E-state index contributed by atoms with van der Waals surface area (Å²) >= 11 is 3.42. The Morgan fingerprint density at radius 1 is 1.35 bits per heavy atom. The van der Waals surface area contributed by atoms with Crippen LogP contribution in [-0.2, 0) is 0 Å². The van der Waals surface area contributed by atoms with Gasteiger partial charge in [0, 0.05) is 5.56 Å². The van der Waals surface area contributed by atoms with Crippen LogP contribution in [0.5, 0.6) is 11.5 Å². The van der Waals surface area contributed by atoms with E-state index >= 15 is 0 Å². The van der Waals surface area contributed by atoms with Crippen LogP contribution in [0.3, 0.4) is 0 Å². The molecule has 0 saturated carbocycles. The smallest absolute Gasteiger partial charge is 0.174 e. The Hall–Kier alpha value is -2.32. The first-order valence-corrected chi connectivity index (χ1v) is 7.77. The van der Waals surface area contributed by atoms with Gasteiger partial charge >= 0.3 is 0 Å². The fraction of sp³-hybridized carbons (Fsp3) is 0.167. The Kier molecular flexibility index (Phi) is 5.78. The Bertz CT molecular complexity index is 781. The quantitative estimate of drug-likeness (QED) is 0.541. The van der Waals surface area contributed by atoms with Crippen LogP contribution in [0, 0.1) is 17.1 Å². The lowest BCUT2D eigenvalue weighted by Gasteiger charge is -2.12. The van der Waals surface area contributed by atoms with Gasteiger partial charge in [-0.3, -0.25) is 0 Å². The number of benzene rings is 2. The van der Waals surface area contributed by atoms with E-state index in [1.807, 2.05) is 13.0 Å². The number of ether oxygens (including phenoxy) is 2. The predicted octanol–water partition coefficient (Wildman–Crippen LogP) is 5.06. The summed E-state index contributed by atoms with van der Waals surface area (Å²) in [4.78, 5) is 0. The fourth-order valence-corrected chi connectivity index (χ4v) is 2.77. The molecule has 0 spiro atoms. The van der Waals surface area contributed by atoms with Crippen LogP contribution in [0.25, 0.3) is 11.6 Å². The van der Waals surface area contributed by atoms with Gasteiger partial charge in [-0.05, 0) is 52.7 Å². The van der Waals surface area contributed by atoms with E-state index in [1.165, 1.54) is 6.07 Å². The minimum absolute atomic E-state index is 0.239. The zero-order chi connectivity index (χ0) is 16.8. The van der Waals surface area contributed by atoms with Crippen molar-refractivity contribution < 1.29 is 13.9 Å². The Labute approximate surface area is 143 Å². The number of nitrogens with zero attached hydrogens (tertiary/aromatic N) is 1. The van der Waals surface area contributed by atoms with Gasteiger partial charge in [0.2, 0.25) is 0 Å². The maximum atomic E-state index is 13.9. The molecule has 0 fully saturated rings. The van der Waals surface area contributed by atoms with E-state index in [1.54, 1.807) is 43.5 Å². The predicted molar refractivity (Wildman–Crippen MR) is 91.7 cm³/mol. The average Bonchev–Trinajstić information content (AvgIpc) is 2.53. The van der Waals surface area contributed by atoms with Gasteiger partial charge in [-0.2, -0.15) is 5.26 Å². The molecule has 5 heteroatoms. The molecule has 0 N–H and O–H groups in total. The van der Waals surface area contributed by atoms with Crippen LogP contribution >= 0.6 is 15.9 Å². The van der Waals surface area contributed by atoms with Gasteiger partial charge in [0.25, 0.3) is 0 Å². The van der Waals surface area contributed by atoms with Crippen molar-refractivity contribution in [3.05, 3.63) is 57.8 Å². The van der Waals surface area contributed by atoms with Gasteiger partial charge in [-0.25, -0.2) is 4.39 Å². The molecule has 0 heterocycles. The fourth-order valence-electron chi connectivity index (χ4n) is 2.15. The normalized spacial score (nSPS) is 11.0. The maximum Gasteiger partial charge on any atom is 0.174 e. The molecule has 2 aromatic carbocycles. The minimum Gasteiger partial charge on any atom is -0.492 e. The minimum atomic E-state index is -0.432. The number of rotatable bonds is 5. The molecular formula is C18H15BrFNO2. The monoisotopic (exact) mass is 375 g/mol. The summed E-state index contributed by atoms with van der Waals surface area (Å²) in [5.74, 6) is 0.702. The molecule has 2 aromatic rings. The summed E-state index contributed by atoms with van der Waals surface area (Å²) in [6.45, 7) is 2.35. The molecule has 0 aliphatic rings. The van der Waals surface area contributed by atoms with E-state index in [4.69, 9.17) is 9.47 Å². The van der Waals surface area contributed by atoms with Gasteiger partial charge in [-0.15, -0.1) is 0 Å². The molecular weight excluding hydrogens is 361 g/mol. The standard InChI is InChI=1S/C18H15BrFNO2/c1-3-23-17-10-12(9-15(19)18(17)22-2)8-13(11-21)14-6-4-5-7-16(14)20/h4-10H,3H2,1-2H3. The highest BCUT2D eigenvalue weighted by Crippen LogP contribution is 2.37. The highest BCUT2D eigenvalue weighted by molar-refractivity contribution is 9.10. The SMILES string of the molecule is CCOc1cc(C=C(C#N)c2ccccc2F)cc(Br)c1OC. The second-order valence-electron chi connectivity index (χ2n) is 4.62. The van der Waals surface area contributed by atoms with Crippen LogP contribution in [0.1, 0.15) is 18.1 Å². The molecule has 0 radical (unpaired) electrons. The first-order valence-electron chi connectivity index (χ1n) is 6.97. The average molecular weight is 376 g/mol. The topological polar surface area (TPSA) is 42.2 Å². The summed E-state index contributed by atoms with van der Waals surface area (Å²) in [5.41, 5.74) is 1.21. The first-order chi connectivity index (χ1) is 11.1. The molecule has 0 saturated heterocycles. The summed E-state index contributed by atoms with van der Waals surface area (Å²) in [6.07, 6.45) is 1.62. The third-order valence-electron chi connectivity index (χ3n) is 3.13. The van der Waals surface area contributed by atoms with Crippen LogP contribution in [-0.4, -0.2) is 13.7 Å². The molecule has 0 aliphatic heterocycles. The van der Waals surface area contributed by atoms with Crippen LogP contribution in [0.15, 0.2) is 40.9 Å². The third kappa shape index (κ3) is 3.91. The number of hydrogen-bond donors (Lipinski definition) is 0. The van der Waals surface area contributed by atoms with E-state index in [-0.39, 0.29) is 11.1 Å². The summed E-state index contributed by atoms with van der Waals surface area (Å²) < 4.78 is 25.4. The van der Waals surface area contributed by atoms with Gasteiger partial charge < -0.3 is 9.47 Å². The van der Waals surface area contributed by atoms with Gasteiger partial charge in [0.05, 0.1) is 29.8 Å². The molecule has 0 bridgehead atoms. The molecule has 0 amide bonds. The van der Waals surface area contributed by atoms with Crippen LogP contribution < -0.4 is 9.47 Å². The van der Waals surface area contributed by atoms with E-state index in [2.05, 4.69) is 15.9 Å². The van der Waals surface area contributed by atoms with Crippen LogP contribution in [0.4, 0.5) is 4.39 Å². The maximum absolute atomic E-state index is 13.9. The van der Waals surface area contributed by atoms with Gasteiger partial charge in [-0.1, -0.05) is 18.2 Å². The number of hydrogen-bond acceptors (Lipinski definition) is 3. The van der Waals surface area contributed by atoms with Crippen LogP contribution in [0.2, 0.25) is 0 Å². The lowest BCUT2D eigenvalue weighted by molar-refractivity contribution is 0.310. The van der Waals surface area contributed by atoms with Crippen molar-refractivity contribution in [2.24, 2.45) is 0 Å². The van der Waals surface area contributed by atoms with Crippen molar-refractivity contribution in [2.75, 3.05) is 13.7 Å². The van der Waals surface area contributed by atoms with Gasteiger partial charge in [0.1, 0.15) is 5.82 Å². The van der Waals surface area contributed by atoms with Gasteiger partial charge in [0.15, 0.2) is 11.5 Å². The summed E-state index contributed by atoms with van der Waals surface area (Å²) in [6, 6.07) is 11.8. The molecule has 118 valence electrons. The van der Waals surface area contributed by atoms with Crippen molar-refractivity contribution in [3.8, 4) is 17.6 Å². The molecule has 3 nitrogen and oxygen atoms in total. The molecule has 0 aromatic heterocycles. The van der Waals surface area contributed by atoms with E-state index in [0.29, 0.717) is 28.1 Å². The highest BCUT2D eigenvalue weighted by Gasteiger charge is 2.12. The van der Waals surface area contributed by atoms with Crippen molar-refractivity contribution in [2.45, 2.75) is 6.92 Å². The van der Waals surface area contributed by atoms with E-state index < -0.39 is 5.82 Å². The second-order valence-corrected chi connectivity index (χ2v) is 5.47. The largest absolute Gasteiger partial charge is 0.492 e. The Balaban J connectivity index is 2.53. The molecule has 2 rings (SSSR count). The molecule has 0 unspecified atom stereocenters. The zero-order valence-electron chi connectivity index (χ0n) is 12.8. The van der Waals surface area contributed by atoms with Crippen molar-refractivity contribution >= 4 is 27.6 Å². The van der Waals surface area contributed by atoms with Crippen molar-refractivity contribution in [1.29, 1.82) is 5.26 Å². The lowest BCUT2D eigenvalue weighted by Crippen LogP contribution is -1.97. The number of nitriles is 1. The number of allylic oxidation sites excluding steroid dienone is 1. The Morgan fingerprint density at radius 3 is 2.70 bits per heavy atom. The summed E-state index contributed by atoms with van der Waals surface area (Å²) in [5, 5.41) is 9.36. The number of methoxy groups -OCH3 is 1. The second kappa shape index (κ2) is 7.80. The zero-order valence-corrected chi connectivity index (χ0v) is 14.4.